The van der Waals surface area contributed by atoms with Gasteiger partial charge in [-0.1, -0.05) is 17.7 Å². The Labute approximate surface area is 136 Å². The number of nitrogens with zero attached hydrogens (tertiary/aromatic N) is 1. The zero-order valence-corrected chi connectivity index (χ0v) is 13.5. The molecule has 21 heavy (non-hydrogen) atoms. The molecule has 1 aromatic carbocycles. The predicted octanol–water partition coefficient (Wildman–Crippen LogP) is 4.11. The molecule has 0 radical (unpaired) electrons. The molecule has 0 saturated carbocycles. The molecular weight excluding hydrogens is 354 g/mol. The minimum atomic E-state index is -0.133. The number of pyridine rings is 1. The largest absolute Gasteiger partial charge is 0.385 e. The molecule has 1 amide bonds. The van der Waals surface area contributed by atoms with Gasteiger partial charge in [-0.3, -0.25) is 4.79 Å². The van der Waals surface area contributed by atoms with Gasteiger partial charge in [0.05, 0.1) is 16.4 Å². The maximum atomic E-state index is 12.5. The maximum absolute atomic E-state index is 12.5. The van der Waals surface area contributed by atoms with E-state index < -0.39 is 0 Å². The van der Waals surface area contributed by atoms with Crippen LogP contribution in [0.4, 0.5) is 11.4 Å². The van der Waals surface area contributed by atoms with Crippen LogP contribution < -0.4 is 10.6 Å². The molecule has 6 heteroatoms. The van der Waals surface area contributed by atoms with E-state index in [1.807, 2.05) is 18.2 Å². The second kappa shape index (κ2) is 6.03. The second-order valence-corrected chi connectivity index (χ2v) is 6.03. The quantitative estimate of drug-likeness (QED) is 0.787. The number of anilines is 2. The first-order valence-electron chi connectivity index (χ1n) is 6.63. The molecular formula is C15H13BrClN3O. The highest BCUT2D eigenvalue weighted by atomic mass is 79.9. The van der Waals surface area contributed by atoms with E-state index in [1.54, 1.807) is 12.3 Å². The van der Waals surface area contributed by atoms with E-state index in [4.69, 9.17) is 11.6 Å². The Balaban J connectivity index is 1.87. The van der Waals surface area contributed by atoms with Crippen LogP contribution in [0.15, 0.2) is 34.9 Å². The lowest BCUT2D eigenvalue weighted by atomic mass is 9.97. The third kappa shape index (κ3) is 3.04. The molecule has 1 aliphatic rings. The van der Waals surface area contributed by atoms with E-state index in [2.05, 4.69) is 31.5 Å². The predicted molar refractivity (Wildman–Crippen MR) is 88.2 cm³/mol. The van der Waals surface area contributed by atoms with Crippen LogP contribution in [0.25, 0.3) is 0 Å². The molecule has 0 atom stereocenters. The molecule has 3 rings (SSSR count). The highest BCUT2D eigenvalue weighted by Gasteiger charge is 2.17. The fourth-order valence-corrected chi connectivity index (χ4v) is 2.86. The minimum absolute atomic E-state index is 0.133. The summed E-state index contributed by atoms with van der Waals surface area (Å²) in [6.45, 7) is 0.951. The molecule has 1 aromatic heterocycles. The van der Waals surface area contributed by atoms with Crippen molar-refractivity contribution in [2.45, 2.75) is 12.8 Å². The van der Waals surface area contributed by atoms with Crippen LogP contribution in [0.2, 0.25) is 5.15 Å². The molecule has 0 aliphatic carbocycles. The number of halogens is 2. The van der Waals surface area contributed by atoms with Crippen molar-refractivity contribution in [3.8, 4) is 0 Å². The summed E-state index contributed by atoms with van der Waals surface area (Å²) in [5, 5.41) is 6.55. The zero-order chi connectivity index (χ0) is 14.8. The van der Waals surface area contributed by atoms with Crippen molar-refractivity contribution < 1.29 is 4.79 Å². The lowest BCUT2D eigenvalue weighted by Gasteiger charge is -2.20. The van der Waals surface area contributed by atoms with Gasteiger partial charge in [-0.25, -0.2) is 4.98 Å². The summed E-state index contributed by atoms with van der Waals surface area (Å²) in [4.78, 5) is 16.5. The summed E-state index contributed by atoms with van der Waals surface area (Å²) in [5.74, 6) is -0.133. The first-order valence-corrected chi connectivity index (χ1v) is 7.80. The Kier molecular flexibility index (Phi) is 4.12. The van der Waals surface area contributed by atoms with Crippen LogP contribution in [0.1, 0.15) is 22.3 Å². The Morgan fingerprint density at radius 2 is 2.29 bits per heavy atom. The number of aromatic nitrogens is 1. The molecule has 1 aliphatic heterocycles. The van der Waals surface area contributed by atoms with Crippen LogP contribution >= 0.6 is 27.5 Å². The summed E-state index contributed by atoms with van der Waals surface area (Å²) in [6.07, 6.45) is 3.48. The number of hydrogen-bond acceptors (Lipinski definition) is 3. The molecule has 2 N–H and O–H groups in total. The summed E-state index contributed by atoms with van der Waals surface area (Å²) in [5.41, 5.74) is 3.43. The van der Waals surface area contributed by atoms with Gasteiger partial charge >= 0.3 is 0 Å². The first-order chi connectivity index (χ1) is 10.1. The van der Waals surface area contributed by atoms with Crippen molar-refractivity contribution in [3.05, 3.63) is 51.2 Å². The van der Waals surface area contributed by atoms with Crippen molar-refractivity contribution in [2.75, 3.05) is 17.2 Å². The number of carbonyl (C=O) groups excluding carboxylic acids is 1. The molecule has 0 unspecified atom stereocenters. The molecule has 2 heterocycles. The number of amides is 1. The van der Waals surface area contributed by atoms with E-state index in [0.717, 1.165) is 30.6 Å². The van der Waals surface area contributed by atoms with Gasteiger partial charge in [0, 0.05) is 17.8 Å². The number of rotatable bonds is 2. The van der Waals surface area contributed by atoms with E-state index in [9.17, 15) is 4.79 Å². The van der Waals surface area contributed by atoms with Crippen LogP contribution in [0.3, 0.4) is 0 Å². The van der Waals surface area contributed by atoms with Crippen LogP contribution in [-0.4, -0.2) is 17.4 Å². The zero-order valence-electron chi connectivity index (χ0n) is 11.1. The van der Waals surface area contributed by atoms with E-state index >= 15 is 0 Å². The molecule has 108 valence electrons. The monoisotopic (exact) mass is 365 g/mol. The molecule has 0 saturated heterocycles. The van der Waals surface area contributed by atoms with E-state index in [-0.39, 0.29) is 5.91 Å². The molecule has 2 aromatic rings. The Bertz CT molecular complexity index is 705. The fourth-order valence-electron chi connectivity index (χ4n) is 2.41. The smallest absolute Gasteiger partial charge is 0.256 e. The normalized spacial score (nSPS) is 13.2. The van der Waals surface area contributed by atoms with Gasteiger partial charge in [0.2, 0.25) is 0 Å². The second-order valence-electron chi connectivity index (χ2n) is 4.81. The average molecular weight is 367 g/mol. The van der Waals surface area contributed by atoms with Crippen LogP contribution in [0, 0.1) is 0 Å². The summed E-state index contributed by atoms with van der Waals surface area (Å²) in [7, 11) is 0. The number of fused-ring (bicyclic) bond motifs is 1. The highest BCUT2D eigenvalue weighted by molar-refractivity contribution is 9.10. The Morgan fingerprint density at radius 1 is 1.43 bits per heavy atom. The highest BCUT2D eigenvalue weighted by Crippen LogP contribution is 2.27. The fraction of sp³-hybridized carbons (Fsp3) is 0.200. The van der Waals surface area contributed by atoms with Crippen LogP contribution in [0.5, 0.6) is 0 Å². The minimum Gasteiger partial charge on any atom is -0.385 e. The third-order valence-corrected chi connectivity index (χ3v) is 4.53. The lowest BCUT2D eigenvalue weighted by Crippen LogP contribution is -2.19. The number of hydrogen-bond donors (Lipinski definition) is 2. The molecule has 0 fully saturated rings. The van der Waals surface area contributed by atoms with Gasteiger partial charge in [-0.05, 0) is 52.5 Å². The molecule has 4 nitrogen and oxygen atoms in total. The van der Waals surface area contributed by atoms with E-state index in [0.29, 0.717) is 20.9 Å². The van der Waals surface area contributed by atoms with Gasteiger partial charge < -0.3 is 10.6 Å². The van der Waals surface area contributed by atoms with Crippen LogP contribution in [-0.2, 0) is 6.42 Å². The van der Waals surface area contributed by atoms with Crippen molar-refractivity contribution in [1.82, 2.24) is 4.98 Å². The SMILES string of the molecule is O=C(Nc1cnc(Cl)c(Br)c1)c1cccc2c1CCCN2. The Hall–Kier alpha value is -1.59. The first kappa shape index (κ1) is 14.4. The Morgan fingerprint density at radius 3 is 3.10 bits per heavy atom. The summed E-state index contributed by atoms with van der Waals surface area (Å²) < 4.78 is 0.652. The van der Waals surface area contributed by atoms with Gasteiger partial charge in [0.15, 0.2) is 0 Å². The van der Waals surface area contributed by atoms with Crippen molar-refractivity contribution >= 4 is 44.8 Å². The molecule has 0 spiro atoms. The van der Waals surface area contributed by atoms with Gasteiger partial charge in [-0.15, -0.1) is 0 Å². The third-order valence-electron chi connectivity index (χ3n) is 3.39. The standard InChI is InChI=1S/C15H13BrClN3O/c16-12-7-9(8-19-14(12)17)20-15(21)11-3-1-5-13-10(11)4-2-6-18-13/h1,3,5,7-8,18H,2,4,6H2,(H,20,21). The lowest BCUT2D eigenvalue weighted by molar-refractivity contribution is 0.102. The number of benzene rings is 1. The van der Waals surface area contributed by atoms with Crippen molar-refractivity contribution in [1.29, 1.82) is 0 Å². The van der Waals surface area contributed by atoms with E-state index in [1.165, 1.54) is 0 Å². The number of carbonyl (C=O) groups is 1. The van der Waals surface area contributed by atoms with Crippen molar-refractivity contribution in [3.63, 3.8) is 0 Å². The van der Waals surface area contributed by atoms with Crippen molar-refractivity contribution in [2.24, 2.45) is 0 Å². The topological polar surface area (TPSA) is 54.0 Å². The van der Waals surface area contributed by atoms with Gasteiger partial charge in [0.1, 0.15) is 5.15 Å². The summed E-state index contributed by atoms with van der Waals surface area (Å²) >= 11 is 9.15. The van der Waals surface area contributed by atoms with Gasteiger partial charge in [-0.2, -0.15) is 0 Å². The average Bonchev–Trinajstić information content (AvgIpc) is 2.50. The van der Waals surface area contributed by atoms with Gasteiger partial charge in [0.25, 0.3) is 5.91 Å². The number of nitrogens with one attached hydrogen (secondary N) is 2. The summed E-state index contributed by atoms with van der Waals surface area (Å²) in [6, 6.07) is 7.48. The maximum Gasteiger partial charge on any atom is 0.256 e. The molecule has 0 bridgehead atoms.